The van der Waals surface area contributed by atoms with E-state index in [1.165, 1.54) is 25.7 Å². The maximum absolute atomic E-state index is 11.8. The predicted molar refractivity (Wildman–Crippen MR) is 67.2 cm³/mol. The van der Waals surface area contributed by atoms with Gasteiger partial charge in [-0.25, -0.2) is 0 Å². The van der Waals surface area contributed by atoms with Gasteiger partial charge in [0.05, 0.1) is 0 Å². The fraction of sp³-hybridized carbons (Fsp3) is 0.846. The Hall–Kier alpha value is -1.10. The third-order valence-corrected chi connectivity index (χ3v) is 4.29. The van der Waals surface area contributed by atoms with Gasteiger partial charge < -0.3 is 15.3 Å². The third kappa shape index (κ3) is 2.66. The van der Waals surface area contributed by atoms with Gasteiger partial charge in [-0.1, -0.05) is 12.8 Å². The molecule has 1 amide bonds. The van der Waals surface area contributed by atoms with E-state index in [0.29, 0.717) is 25.4 Å². The standard InChI is InChI=1S/C13H22N2O3/c1-15(10-4-2-3-5-10)9-8-14-11(16)13(6-7-13)12(17)18/h10H,2-9H2,1H3,(H,14,16)(H,17,18). The average Bonchev–Trinajstić information content (AvgIpc) is 2.97. The molecule has 2 saturated carbocycles. The number of likely N-dealkylation sites (N-methyl/N-ethyl adjacent to an activating group) is 1. The van der Waals surface area contributed by atoms with E-state index >= 15 is 0 Å². The molecule has 5 nitrogen and oxygen atoms in total. The van der Waals surface area contributed by atoms with Crippen molar-refractivity contribution in [2.24, 2.45) is 5.41 Å². The molecule has 102 valence electrons. The smallest absolute Gasteiger partial charge is 0.319 e. The Balaban J connectivity index is 1.69. The van der Waals surface area contributed by atoms with Crippen LogP contribution >= 0.6 is 0 Å². The van der Waals surface area contributed by atoms with Crippen LogP contribution in [-0.4, -0.2) is 48.1 Å². The molecule has 0 atom stereocenters. The Kier molecular flexibility index (Phi) is 3.90. The van der Waals surface area contributed by atoms with Crippen LogP contribution in [0.5, 0.6) is 0 Å². The topological polar surface area (TPSA) is 69.6 Å². The molecule has 5 heteroatoms. The molecule has 0 saturated heterocycles. The first kappa shape index (κ1) is 13.3. The Morgan fingerprint density at radius 2 is 1.94 bits per heavy atom. The van der Waals surface area contributed by atoms with Gasteiger partial charge in [-0.3, -0.25) is 9.59 Å². The summed E-state index contributed by atoms with van der Waals surface area (Å²) in [7, 11) is 2.08. The van der Waals surface area contributed by atoms with Crippen LogP contribution in [0.4, 0.5) is 0 Å². The van der Waals surface area contributed by atoms with Crippen LogP contribution in [0, 0.1) is 5.41 Å². The minimum absolute atomic E-state index is 0.310. The Labute approximate surface area is 108 Å². The average molecular weight is 254 g/mol. The first-order valence-corrected chi connectivity index (χ1v) is 6.78. The van der Waals surface area contributed by atoms with Gasteiger partial charge in [0, 0.05) is 19.1 Å². The monoisotopic (exact) mass is 254 g/mol. The molecule has 0 spiro atoms. The zero-order valence-electron chi connectivity index (χ0n) is 10.9. The highest BCUT2D eigenvalue weighted by atomic mass is 16.4. The number of rotatable bonds is 6. The lowest BCUT2D eigenvalue weighted by Crippen LogP contribution is -2.42. The van der Waals surface area contributed by atoms with Crippen LogP contribution in [0.25, 0.3) is 0 Å². The lowest BCUT2D eigenvalue weighted by molar-refractivity contribution is -0.149. The SMILES string of the molecule is CN(CCNC(=O)C1(C(=O)O)CC1)C1CCCC1. The molecule has 0 bridgehead atoms. The molecule has 0 radical (unpaired) electrons. The van der Waals surface area contributed by atoms with Gasteiger partial charge in [0.15, 0.2) is 0 Å². The number of aliphatic carboxylic acids is 1. The summed E-state index contributed by atoms with van der Waals surface area (Å²) in [6, 6.07) is 0.635. The van der Waals surface area contributed by atoms with Gasteiger partial charge in [0.2, 0.25) is 5.91 Å². The summed E-state index contributed by atoms with van der Waals surface area (Å²) in [5.74, 6) is -1.29. The van der Waals surface area contributed by atoms with Crippen molar-refractivity contribution in [3.63, 3.8) is 0 Å². The number of nitrogens with one attached hydrogen (secondary N) is 1. The minimum Gasteiger partial charge on any atom is -0.480 e. The maximum atomic E-state index is 11.8. The van der Waals surface area contributed by atoms with Crippen molar-refractivity contribution in [2.45, 2.75) is 44.6 Å². The molecule has 2 aliphatic carbocycles. The van der Waals surface area contributed by atoms with Crippen molar-refractivity contribution in [3.8, 4) is 0 Å². The van der Waals surface area contributed by atoms with Crippen LogP contribution < -0.4 is 5.32 Å². The fourth-order valence-corrected chi connectivity index (χ4v) is 2.71. The molecular weight excluding hydrogens is 232 g/mol. The van der Waals surface area contributed by atoms with Crippen LogP contribution in [0.15, 0.2) is 0 Å². The second-order valence-corrected chi connectivity index (χ2v) is 5.56. The Bertz CT molecular complexity index is 333. The molecule has 0 unspecified atom stereocenters. The molecular formula is C13H22N2O3. The third-order valence-electron chi connectivity index (χ3n) is 4.29. The van der Waals surface area contributed by atoms with Crippen molar-refractivity contribution in [1.82, 2.24) is 10.2 Å². The Morgan fingerprint density at radius 1 is 1.33 bits per heavy atom. The molecule has 0 aromatic heterocycles. The Morgan fingerprint density at radius 3 is 2.44 bits per heavy atom. The van der Waals surface area contributed by atoms with Crippen molar-refractivity contribution >= 4 is 11.9 Å². The van der Waals surface area contributed by atoms with E-state index in [1.807, 2.05) is 0 Å². The van der Waals surface area contributed by atoms with Gasteiger partial charge in [-0.05, 0) is 32.7 Å². The zero-order valence-corrected chi connectivity index (χ0v) is 10.9. The van der Waals surface area contributed by atoms with E-state index in [-0.39, 0.29) is 5.91 Å². The van der Waals surface area contributed by atoms with E-state index < -0.39 is 11.4 Å². The summed E-state index contributed by atoms with van der Waals surface area (Å²) in [6.07, 6.45) is 6.03. The lowest BCUT2D eigenvalue weighted by Gasteiger charge is -2.24. The van der Waals surface area contributed by atoms with Gasteiger partial charge >= 0.3 is 5.97 Å². The molecule has 0 aromatic carbocycles. The lowest BCUT2D eigenvalue weighted by atomic mass is 10.1. The summed E-state index contributed by atoms with van der Waals surface area (Å²) in [4.78, 5) is 25.0. The molecule has 2 aliphatic rings. The first-order valence-electron chi connectivity index (χ1n) is 6.78. The second kappa shape index (κ2) is 5.26. The van der Waals surface area contributed by atoms with Crippen molar-refractivity contribution in [1.29, 1.82) is 0 Å². The summed E-state index contributed by atoms with van der Waals surface area (Å²) >= 11 is 0. The number of carbonyl (C=O) groups excluding carboxylic acids is 1. The molecule has 2 rings (SSSR count). The highest BCUT2D eigenvalue weighted by Gasteiger charge is 2.56. The molecule has 2 N–H and O–H groups in total. The van der Waals surface area contributed by atoms with E-state index in [1.54, 1.807) is 0 Å². The van der Waals surface area contributed by atoms with Crippen LogP contribution in [0.2, 0.25) is 0 Å². The quantitative estimate of drug-likeness (QED) is 0.689. The van der Waals surface area contributed by atoms with Crippen molar-refractivity contribution in [2.75, 3.05) is 20.1 Å². The van der Waals surface area contributed by atoms with E-state index in [0.717, 1.165) is 6.54 Å². The van der Waals surface area contributed by atoms with Crippen molar-refractivity contribution in [3.05, 3.63) is 0 Å². The zero-order chi connectivity index (χ0) is 13.2. The summed E-state index contributed by atoms with van der Waals surface area (Å²) in [5, 5.41) is 11.7. The normalized spacial score (nSPS) is 22.1. The molecule has 0 heterocycles. The van der Waals surface area contributed by atoms with Crippen LogP contribution in [-0.2, 0) is 9.59 Å². The summed E-state index contributed by atoms with van der Waals surface area (Å²) in [6.45, 7) is 1.34. The number of hydrogen-bond acceptors (Lipinski definition) is 3. The van der Waals surface area contributed by atoms with E-state index in [9.17, 15) is 9.59 Å². The van der Waals surface area contributed by atoms with E-state index in [2.05, 4.69) is 17.3 Å². The highest BCUT2D eigenvalue weighted by Crippen LogP contribution is 2.45. The minimum atomic E-state index is -1.11. The number of hydrogen-bond donors (Lipinski definition) is 2. The fourth-order valence-electron chi connectivity index (χ4n) is 2.71. The number of nitrogens with zero attached hydrogens (tertiary/aromatic N) is 1. The maximum Gasteiger partial charge on any atom is 0.319 e. The van der Waals surface area contributed by atoms with Gasteiger partial charge in [-0.15, -0.1) is 0 Å². The number of carboxylic acid groups (broad SMARTS) is 1. The first-order chi connectivity index (χ1) is 8.56. The largest absolute Gasteiger partial charge is 0.480 e. The number of carboxylic acids is 1. The van der Waals surface area contributed by atoms with Crippen LogP contribution in [0.1, 0.15) is 38.5 Å². The van der Waals surface area contributed by atoms with Crippen LogP contribution in [0.3, 0.4) is 0 Å². The van der Waals surface area contributed by atoms with Gasteiger partial charge in [0.1, 0.15) is 5.41 Å². The molecule has 18 heavy (non-hydrogen) atoms. The van der Waals surface area contributed by atoms with Gasteiger partial charge in [0.25, 0.3) is 0 Å². The second-order valence-electron chi connectivity index (χ2n) is 5.56. The number of carbonyl (C=O) groups is 2. The molecule has 0 aliphatic heterocycles. The number of amides is 1. The van der Waals surface area contributed by atoms with Crippen molar-refractivity contribution < 1.29 is 14.7 Å². The van der Waals surface area contributed by atoms with E-state index in [4.69, 9.17) is 5.11 Å². The highest BCUT2D eigenvalue weighted by molar-refractivity contribution is 6.04. The summed E-state index contributed by atoms with van der Waals surface area (Å²) < 4.78 is 0. The summed E-state index contributed by atoms with van der Waals surface area (Å²) in [5.41, 5.74) is -1.11. The molecule has 2 fully saturated rings. The van der Waals surface area contributed by atoms with Gasteiger partial charge in [-0.2, -0.15) is 0 Å². The predicted octanol–water partition coefficient (Wildman–Crippen LogP) is 0.842. The molecule has 0 aromatic rings.